The first-order valence-corrected chi connectivity index (χ1v) is 7.30. The van der Waals surface area contributed by atoms with Gasteiger partial charge in [0.15, 0.2) is 0 Å². The van der Waals surface area contributed by atoms with Crippen LogP contribution in [0, 0.1) is 5.92 Å². The van der Waals surface area contributed by atoms with E-state index >= 15 is 0 Å². The summed E-state index contributed by atoms with van der Waals surface area (Å²) in [4.78, 5) is 4.06. The molecule has 0 radical (unpaired) electrons. The Kier molecular flexibility index (Phi) is 3.82. The molecule has 1 aliphatic heterocycles. The molecule has 3 rings (SSSR count). The highest BCUT2D eigenvalue weighted by Crippen LogP contribution is 2.45. The first kappa shape index (κ1) is 13.0. The molecule has 3 N–H and O–H groups in total. The zero-order chi connectivity index (χ0) is 13.1. The van der Waals surface area contributed by atoms with Gasteiger partial charge in [-0.1, -0.05) is 0 Å². The second-order valence-corrected chi connectivity index (χ2v) is 5.97. The summed E-state index contributed by atoms with van der Waals surface area (Å²) in [5.74, 6) is 6.41. The number of hydrogen-bond donors (Lipinski definition) is 2. The van der Waals surface area contributed by atoms with Gasteiger partial charge in [0.25, 0.3) is 0 Å². The van der Waals surface area contributed by atoms with Crippen molar-refractivity contribution < 1.29 is 4.74 Å². The van der Waals surface area contributed by atoms with Crippen LogP contribution in [0.25, 0.3) is 0 Å². The van der Waals surface area contributed by atoms with Gasteiger partial charge in [-0.25, -0.2) is 0 Å². The highest BCUT2D eigenvalue weighted by Gasteiger charge is 2.44. The summed E-state index contributed by atoms with van der Waals surface area (Å²) in [5, 5.41) is 0. The van der Waals surface area contributed by atoms with Crippen LogP contribution in [0.4, 0.5) is 0 Å². The van der Waals surface area contributed by atoms with Gasteiger partial charge in [0, 0.05) is 25.0 Å². The zero-order valence-corrected chi connectivity index (χ0v) is 11.3. The van der Waals surface area contributed by atoms with Gasteiger partial charge in [0.2, 0.25) is 0 Å². The molecule has 1 saturated carbocycles. The molecule has 2 heterocycles. The van der Waals surface area contributed by atoms with Crippen LogP contribution in [0.3, 0.4) is 0 Å². The first-order valence-electron chi connectivity index (χ1n) is 7.30. The summed E-state index contributed by atoms with van der Waals surface area (Å²) < 4.78 is 6.00. The average Bonchev–Trinajstić information content (AvgIpc) is 2.44. The number of nitrogens with zero attached hydrogens (tertiary/aromatic N) is 1. The van der Waals surface area contributed by atoms with Crippen molar-refractivity contribution in [2.45, 2.75) is 50.2 Å². The van der Waals surface area contributed by atoms with Crippen LogP contribution in [0.1, 0.15) is 37.7 Å². The largest absolute Gasteiger partial charge is 0.375 e. The predicted molar refractivity (Wildman–Crippen MR) is 74.3 cm³/mol. The van der Waals surface area contributed by atoms with Crippen molar-refractivity contribution in [1.82, 2.24) is 10.4 Å². The normalized spacial score (nSPS) is 26.9. The molecule has 4 nitrogen and oxygen atoms in total. The van der Waals surface area contributed by atoms with Crippen molar-refractivity contribution in [2.24, 2.45) is 11.8 Å². The van der Waals surface area contributed by atoms with E-state index in [1.165, 1.54) is 24.8 Å². The van der Waals surface area contributed by atoms with E-state index in [1.807, 2.05) is 12.4 Å². The van der Waals surface area contributed by atoms with E-state index in [2.05, 4.69) is 22.5 Å². The molecule has 2 aliphatic rings. The molecular weight excluding hydrogens is 238 g/mol. The van der Waals surface area contributed by atoms with E-state index in [4.69, 9.17) is 10.6 Å². The summed E-state index contributed by atoms with van der Waals surface area (Å²) in [6.07, 6.45) is 10.7. The van der Waals surface area contributed by atoms with Gasteiger partial charge >= 0.3 is 0 Å². The third-order valence-corrected chi connectivity index (χ3v) is 4.78. The van der Waals surface area contributed by atoms with E-state index in [-0.39, 0.29) is 5.60 Å². The second-order valence-electron chi connectivity index (χ2n) is 5.97. The molecule has 2 unspecified atom stereocenters. The van der Waals surface area contributed by atoms with Crippen molar-refractivity contribution in [3.8, 4) is 0 Å². The maximum Gasteiger partial charge on any atom is 0.0685 e. The number of nitrogens with two attached hydrogens (primary N) is 1. The molecule has 1 saturated heterocycles. The predicted octanol–water partition coefficient (Wildman–Crippen LogP) is 1.81. The van der Waals surface area contributed by atoms with Crippen molar-refractivity contribution >= 4 is 0 Å². The van der Waals surface area contributed by atoms with Crippen LogP contribution in [0.5, 0.6) is 0 Å². The highest BCUT2D eigenvalue weighted by molar-refractivity contribution is 5.12. The number of rotatable bonds is 4. The van der Waals surface area contributed by atoms with Crippen LogP contribution in [-0.4, -0.2) is 23.2 Å². The van der Waals surface area contributed by atoms with Crippen LogP contribution >= 0.6 is 0 Å². The Morgan fingerprint density at radius 3 is 2.84 bits per heavy atom. The van der Waals surface area contributed by atoms with E-state index < -0.39 is 0 Å². The van der Waals surface area contributed by atoms with Crippen molar-refractivity contribution in [3.05, 3.63) is 30.1 Å². The lowest BCUT2D eigenvalue weighted by atomic mass is 9.70. The molecule has 2 fully saturated rings. The fourth-order valence-electron chi connectivity index (χ4n) is 3.46. The van der Waals surface area contributed by atoms with Gasteiger partial charge in [-0.2, -0.15) is 0 Å². The van der Waals surface area contributed by atoms with Gasteiger partial charge < -0.3 is 4.74 Å². The molecule has 1 aromatic rings. The Morgan fingerprint density at radius 2 is 2.21 bits per heavy atom. The molecule has 4 heteroatoms. The van der Waals surface area contributed by atoms with Crippen LogP contribution in [0.15, 0.2) is 24.5 Å². The molecule has 1 aromatic heterocycles. The second kappa shape index (κ2) is 5.57. The minimum Gasteiger partial charge on any atom is -0.375 e. The molecule has 0 amide bonds. The Labute approximate surface area is 114 Å². The monoisotopic (exact) mass is 261 g/mol. The fourth-order valence-corrected chi connectivity index (χ4v) is 3.46. The molecule has 0 bridgehead atoms. The van der Waals surface area contributed by atoms with Gasteiger partial charge in [-0.05, 0) is 62.1 Å². The Bertz CT molecular complexity index is 405. The number of nitrogens with one attached hydrogen (secondary N) is 1. The standard InChI is InChI=1S/C15H23N3O/c16-18-14(10-12-2-7-17-8-3-12)13-4-9-19-15(11-13)5-1-6-15/h2-3,7-8,13-14,18H,1,4-6,9-11,16H2. The lowest BCUT2D eigenvalue weighted by Gasteiger charge is -2.48. The molecular formula is C15H23N3O. The number of hydrogen-bond acceptors (Lipinski definition) is 4. The SMILES string of the molecule is NNC(Cc1ccncc1)C1CCOC2(CCC2)C1. The van der Waals surface area contributed by atoms with Crippen molar-refractivity contribution in [1.29, 1.82) is 0 Å². The highest BCUT2D eigenvalue weighted by atomic mass is 16.5. The van der Waals surface area contributed by atoms with E-state index in [0.717, 1.165) is 25.9 Å². The number of ether oxygens (including phenoxy) is 1. The third-order valence-electron chi connectivity index (χ3n) is 4.78. The van der Waals surface area contributed by atoms with Crippen LogP contribution < -0.4 is 11.3 Å². The average molecular weight is 261 g/mol. The summed E-state index contributed by atoms with van der Waals surface area (Å²) >= 11 is 0. The smallest absolute Gasteiger partial charge is 0.0685 e. The lowest BCUT2D eigenvalue weighted by Crippen LogP contribution is -2.52. The summed E-state index contributed by atoms with van der Waals surface area (Å²) in [6.45, 7) is 0.888. The molecule has 1 spiro atoms. The van der Waals surface area contributed by atoms with Crippen molar-refractivity contribution in [3.63, 3.8) is 0 Å². The maximum atomic E-state index is 6.00. The van der Waals surface area contributed by atoms with Crippen LogP contribution in [0.2, 0.25) is 0 Å². The van der Waals surface area contributed by atoms with Crippen LogP contribution in [-0.2, 0) is 11.2 Å². The number of pyridine rings is 1. The molecule has 0 aromatic carbocycles. The fraction of sp³-hybridized carbons (Fsp3) is 0.667. The summed E-state index contributed by atoms with van der Waals surface area (Å²) in [7, 11) is 0. The molecule has 2 atom stereocenters. The van der Waals surface area contributed by atoms with Gasteiger partial charge in [-0.15, -0.1) is 0 Å². The number of aromatic nitrogens is 1. The Hall–Kier alpha value is -0.970. The minimum atomic E-state index is 0.191. The molecule has 104 valence electrons. The zero-order valence-electron chi connectivity index (χ0n) is 11.3. The van der Waals surface area contributed by atoms with Crippen molar-refractivity contribution in [2.75, 3.05) is 6.61 Å². The summed E-state index contributed by atoms with van der Waals surface area (Å²) in [6, 6.07) is 4.48. The quantitative estimate of drug-likeness (QED) is 0.641. The van der Waals surface area contributed by atoms with E-state index in [0.29, 0.717) is 12.0 Å². The number of hydrazine groups is 1. The molecule has 1 aliphatic carbocycles. The topological polar surface area (TPSA) is 60.2 Å². The summed E-state index contributed by atoms with van der Waals surface area (Å²) in [5.41, 5.74) is 4.52. The Morgan fingerprint density at radius 1 is 1.42 bits per heavy atom. The van der Waals surface area contributed by atoms with E-state index in [1.54, 1.807) is 0 Å². The van der Waals surface area contributed by atoms with Gasteiger partial charge in [-0.3, -0.25) is 16.3 Å². The molecule has 19 heavy (non-hydrogen) atoms. The third kappa shape index (κ3) is 2.81. The Balaban J connectivity index is 1.64. The maximum absolute atomic E-state index is 6.00. The lowest BCUT2D eigenvalue weighted by molar-refractivity contribution is -0.147. The van der Waals surface area contributed by atoms with Gasteiger partial charge in [0.05, 0.1) is 5.60 Å². The minimum absolute atomic E-state index is 0.191. The first-order chi connectivity index (χ1) is 9.31. The van der Waals surface area contributed by atoms with Gasteiger partial charge in [0.1, 0.15) is 0 Å². The van der Waals surface area contributed by atoms with E-state index in [9.17, 15) is 0 Å².